The fourth-order valence-electron chi connectivity index (χ4n) is 3.90. The minimum absolute atomic E-state index is 0.0618. The Hall–Kier alpha value is -2.32. The molecule has 2 N–H and O–H groups in total. The molecule has 2 atom stereocenters. The molecule has 0 radical (unpaired) electrons. The summed E-state index contributed by atoms with van der Waals surface area (Å²) in [6.07, 6.45) is -4.64. The Labute approximate surface area is 191 Å². The summed E-state index contributed by atoms with van der Waals surface area (Å²) in [5.41, 5.74) is -1.92. The van der Waals surface area contributed by atoms with Gasteiger partial charge in [-0.25, -0.2) is 22.8 Å². The number of halogens is 4. The van der Waals surface area contributed by atoms with E-state index in [-0.39, 0.29) is 36.2 Å². The minimum Gasteiger partial charge on any atom is -0.348 e. The first-order valence-corrected chi connectivity index (χ1v) is 12.6. The Bertz CT molecular complexity index is 1210. The Morgan fingerprint density at radius 3 is 2.61 bits per heavy atom. The number of piperidine rings is 1. The largest absolute Gasteiger partial charge is 0.420 e. The van der Waals surface area contributed by atoms with Crippen molar-refractivity contribution in [3.05, 3.63) is 28.3 Å². The van der Waals surface area contributed by atoms with E-state index in [0.717, 1.165) is 21.9 Å². The highest BCUT2D eigenvalue weighted by atomic mass is 32.2. The molecule has 4 heterocycles. The summed E-state index contributed by atoms with van der Waals surface area (Å²) < 4.78 is 79.9. The standard InChI is InChI=1S/C19H21F4N5O3S2/c1-18(2)15-9(16(29)27-18)6-13(32-15)14-10(19(21,22)23)7-24-17(26-14)25-12-4-5-28(8-11(12)20)33(3,30)31/h6-7,11-12H,4-5,8H2,1-3H3,(H,27,29)(H,24,25,26)/t11-,12-/m1/s1. The van der Waals surface area contributed by atoms with Gasteiger partial charge >= 0.3 is 6.18 Å². The fraction of sp³-hybridized carbons (Fsp3) is 0.526. The van der Waals surface area contributed by atoms with Crippen molar-refractivity contribution in [3.8, 4) is 10.6 Å². The molecule has 0 bridgehead atoms. The van der Waals surface area contributed by atoms with E-state index in [0.29, 0.717) is 16.6 Å². The first-order valence-electron chi connectivity index (χ1n) is 9.94. The number of fused-ring (bicyclic) bond motifs is 1. The molecule has 14 heteroatoms. The molecule has 2 aromatic heterocycles. The number of carbonyl (C=O) groups excluding carboxylic acids is 1. The van der Waals surface area contributed by atoms with Crippen molar-refractivity contribution in [2.45, 2.75) is 44.2 Å². The van der Waals surface area contributed by atoms with Gasteiger partial charge < -0.3 is 10.6 Å². The summed E-state index contributed by atoms with van der Waals surface area (Å²) >= 11 is 1.03. The Balaban J connectivity index is 1.67. The molecule has 0 aliphatic carbocycles. The number of anilines is 1. The number of amides is 1. The zero-order valence-electron chi connectivity index (χ0n) is 17.8. The first kappa shape index (κ1) is 23.8. The van der Waals surface area contributed by atoms with Crippen molar-refractivity contribution >= 4 is 33.2 Å². The predicted molar refractivity (Wildman–Crippen MR) is 114 cm³/mol. The van der Waals surface area contributed by atoms with E-state index in [2.05, 4.69) is 20.6 Å². The van der Waals surface area contributed by atoms with Gasteiger partial charge in [-0.15, -0.1) is 11.3 Å². The van der Waals surface area contributed by atoms with E-state index in [1.165, 1.54) is 6.07 Å². The van der Waals surface area contributed by atoms with Gasteiger partial charge in [0, 0.05) is 24.2 Å². The van der Waals surface area contributed by atoms with Gasteiger partial charge in [0.05, 0.1) is 34.0 Å². The second-order valence-electron chi connectivity index (χ2n) is 8.56. The number of nitrogens with one attached hydrogen (secondary N) is 2. The highest BCUT2D eigenvalue weighted by molar-refractivity contribution is 7.88. The normalized spacial score (nSPS) is 23.3. The maximum atomic E-state index is 14.6. The molecule has 0 saturated carbocycles. The molecular formula is C19H21F4N5O3S2. The molecule has 0 spiro atoms. The second kappa shape index (κ2) is 7.87. The number of sulfonamides is 1. The lowest BCUT2D eigenvalue weighted by Crippen LogP contribution is -2.49. The predicted octanol–water partition coefficient (Wildman–Crippen LogP) is 2.99. The molecule has 2 aromatic rings. The van der Waals surface area contributed by atoms with Gasteiger partial charge in [0.15, 0.2) is 0 Å². The molecule has 180 valence electrons. The number of hydrogen-bond acceptors (Lipinski definition) is 7. The van der Waals surface area contributed by atoms with Crippen LogP contribution >= 0.6 is 11.3 Å². The van der Waals surface area contributed by atoms with Crippen LogP contribution in [0, 0.1) is 0 Å². The monoisotopic (exact) mass is 507 g/mol. The fourth-order valence-corrected chi connectivity index (χ4v) is 5.97. The van der Waals surface area contributed by atoms with Gasteiger partial charge in [-0.2, -0.15) is 17.5 Å². The molecule has 33 heavy (non-hydrogen) atoms. The third-order valence-corrected chi connectivity index (χ3v) is 8.32. The van der Waals surface area contributed by atoms with Crippen LogP contribution in [0.4, 0.5) is 23.5 Å². The number of nitrogens with zero attached hydrogens (tertiary/aromatic N) is 3. The zero-order chi connectivity index (χ0) is 24.3. The lowest BCUT2D eigenvalue weighted by atomic mass is 10.0. The second-order valence-corrected chi connectivity index (χ2v) is 11.6. The van der Waals surface area contributed by atoms with Gasteiger partial charge in [0.1, 0.15) is 11.7 Å². The number of rotatable bonds is 4. The average molecular weight is 508 g/mol. The summed E-state index contributed by atoms with van der Waals surface area (Å²) in [7, 11) is -3.55. The van der Waals surface area contributed by atoms with Crippen molar-refractivity contribution in [1.82, 2.24) is 19.6 Å². The number of hydrogen-bond donors (Lipinski definition) is 2. The van der Waals surface area contributed by atoms with Crippen LogP contribution in [0.3, 0.4) is 0 Å². The van der Waals surface area contributed by atoms with Crippen LogP contribution in [0.5, 0.6) is 0 Å². The van der Waals surface area contributed by atoms with Crippen LogP contribution in [0.15, 0.2) is 12.3 Å². The molecule has 1 amide bonds. The van der Waals surface area contributed by atoms with Gasteiger partial charge in [0.25, 0.3) is 5.91 Å². The first-order chi connectivity index (χ1) is 15.2. The molecule has 1 saturated heterocycles. The minimum atomic E-state index is -4.75. The van der Waals surface area contributed by atoms with Crippen LogP contribution in [0.1, 0.15) is 41.1 Å². The number of aromatic nitrogens is 2. The third kappa shape index (κ3) is 4.55. The summed E-state index contributed by atoms with van der Waals surface area (Å²) in [6, 6.07) is 0.499. The molecule has 2 aliphatic rings. The van der Waals surface area contributed by atoms with E-state index in [9.17, 15) is 30.8 Å². The highest BCUT2D eigenvalue weighted by Crippen LogP contribution is 2.44. The number of thiophene rings is 1. The van der Waals surface area contributed by atoms with Crippen molar-refractivity contribution in [1.29, 1.82) is 0 Å². The van der Waals surface area contributed by atoms with E-state index >= 15 is 0 Å². The third-order valence-electron chi connectivity index (χ3n) is 5.59. The molecule has 0 unspecified atom stereocenters. The molecule has 4 rings (SSSR count). The van der Waals surface area contributed by atoms with Crippen LogP contribution in [0.25, 0.3) is 10.6 Å². The van der Waals surface area contributed by atoms with Gasteiger partial charge in [-0.05, 0) is 26.3 Å². The summed E-state index contributed by atoms with van der Waals surface area (Å²) in [4.78, 5) is 20.7. The van der Waals surface area contributed by atoms with Crippen LogP contribution in [-0.2, 0) is 21.7 Å². The lowest BCUT2D eigenvalue weighted by Gasteiger charge is -2.33. The molecule has 0 aromatic carbocycles. The summed E-state index contributed by atoms with van der Waals surface area (Å²) in [6.45, 7) is 3.19. The Morgan fingerprint density at radius 1 is 1.33 bits per heavy atom. The summed E-state index contributed by atoms with van der Waals surface area (Å²) in [5.74, 6) is -0.591. The van der Waals surface area contributed by atoms with E-state index in [1.807, 2.05) is 0 Å². The topological polar surface area (TPSA) is 104 Å². The number of alkyl halides is 4. The molecule has 1 fully saturated rings. The van der Waals surface area contributed by atoms with Gasteiger partial charge in [-0.3, -0.25) is 4.79 Å². The van der Waals surface area contributed by atoms with E-state index in [4.69, 9.17) is 0 Å². The Kier molecular flexibility index (Phi) is 5.69. The maximum absolute atomic E-state index is 14.6. The quantitative estimate of drug-likeness (QED) is 0.617. The van der Waals surface area contributed by atoms with Crippen LogP contribution in [0.2, 0.25) is 0 Å². The SMILES string of the molecule is CC1(C)NC(=O)c2cc(-c3nc(N[C@@H]4CCN(S(C)(=O)=O)C[C@H]4F)ncc3C(F)(F)F)sc21. The smallest absolute Gasteiger partial charge is 0.348 e. The van der Waals surface area contributed by atoms with Gasteiger partial charge in [0.2, 0.25) is 16.0 Å². The van der Waals surface area contributed by atoms with Gasteiger partial charge in [-0.1, -0.05) is 0 Å². The lowest BCUT2D eigenvalue weighted by molar-refractivity contribution is -0.137. The van der Waals surface area contributed by atoms with E-state index < -0.39 is 45.2 Å². The van der Waals surface area contributed by atoms with Crippen molar-refractivity contribution < 1.29 is 30.8 Å². The van der Waals surface area contributed by atoms with Crippen molar-refractivity contribution in [3.63, 3.8) is 0 Å². The summed E-state index contributed by atoms with van der Waals surface area (Å²) in [5, 5.41) is 5.47. The van der Waals surface area contributed by atoms with Crippen LogP contribution < -0.4 is 10.6 Å². The molecular weight excluding hydrogens is 486 g/mol. The highest BCUT2D eigenvalue weighted by Gasteiger charge is 2.41. The van der Waals surface area contributed by atoms with Crippen LogP contribution in [-0.4, -0.2) is 60.2 Å². The zero-order valence-corrected chi connectivity index (χ0v) is 19.5. The van der Waals surface area contributed by atoms with Crippen molar-refractivity contribution in [2.24, 2.45) is 0 Å². The Morgan fingerprint density at radius 2 is 2.03 bits per heavy atom. The molecule has 8 nitrogen and oxygen atoms in total. The number of carbonyl (C=O) groups is 1. The van der Waals surface area contributed by atoms with E-state index in [1.54, 1.807) is 13.8 Å². The van der Waals surface area contributed by atoms with Crippen molar-refractivity contribution in [2.75, 3.05) is 24.7 Å². The molecule has 2 aliphatic heterocycles. The average Bonchev–Trinajstić information content (AvgIpc) is 3.22. The maximum Gasteiger partial charge on any atom is 0.420 e.